The molecule has 0 saturated heterocycles. The molecule has 3 aromatic carbocycles. The minimum absolute atomic E-state index is 0.281. The average Bonchev–Trinajstić information content (AvgIpc) is 3.01. The number of methoxy groups -OCH3 is 2. The molecule has 42 heavy (non-hydrogen) atoms. The second-order valence-electron chi connectivity index (χ2n) is 9.76. The number of nitrogens with zero attached hydrogens (tertiary/aromatic N) is 3. The fourth-order valence-electron chi connectivity index (χ4n) is 4.87. The molecule has 0 aliphatic rings. The Morgan fingerprint density at radius 3 is 1.98 bits per heavy atom. The van der Waals surface area contributed by atoms with E-state index in [1.165, 1.54) is 18.2 Å². The number of nitrogens with one attached hydrogen (secondary N) is 1. The van der Waals surface area contributed by atoms with Gasteiger partial charge in [-0.2, -0.15) is 0 Å². The van der Waals surface area contributed by atoms with Crippen molar-refractivity contribution in [2.45, 2.75) is 32.6 Å². The van der Waals surface area contributed by atoms with Gasteiger partial charge in [-0.25, -0.2) is 4.79 Å². The van der Waals surface area contributed by atoms with Crippen molar-refractivity contribution in [3.8, 4) is 5.75 Å². The monoisotopic (exact) mass is 570 g/mol. The largest absolute Gasteiger partial charge is 0.497 e. The van der Waals surface area contributed by atoms with Gasteiger partial charge in [-0.3, -0.25) is 23.9 Å². The van der Waals surface area contributed by atoms with Gasteiger partial charge in [0.2, 0.25) is 5.91 Å². The lowest BCUT2D eigenvalue weighted by atomic mass is 9.95. The molecule has 10 nitrogen and oxygen atoms in total. The molecule has 1 aromatic heterocycles. The van der Waals surface area contributed by atoms with E-state index in [4.69, 9.17) is 9.47 Å². The average molecular weight is 571 g/mol. The number of aryl methyl sites for hydroxylation is 1. The lowest BCUT2D eigenvalue weighted by Crippen LogP contribution is -2.54. The number of H-pyrrole nitrogens is 1. The number of aromatic nitrogens is 2. The first-order valence-electron chi connectivity index (χ1n) is 13.4. The van der Waals surface area contributed by atoms with Gasteiger partial charge in [0.25, 0.3) is 5.56 Å². The van der Waals surface area contributed by atoms with Crippen molar-refractivity contribution < 1.29 is 19.1 Å². The molecule has 0 fully saturated rings. The number of aromatic amines is 1. The number of carbonyl (C=O) groups excluding carboxylic acids is 2. The molecule has 4 aromatic rings. The first-order chi connectivity index (χ1) is 20.2. The Kier molecular flexibility index (Phi) is 9.59. The van der Waals surface area contributed by atoms with Crippen LogP contribution in [0.15, 0.2) is 101 Å². The summed E-state index contributed by atoms with van der Waals surface area (Å²) >= 11 is 0. The molecule has 0 bridgehead atoms. The third kappa shape index (κ3) is 6.77. The van der Waals surface area contributed by atoms with Gasteiger partial charge in [0.15, 0.2) is 0 Å². The van der Waals surface area contributed by atoms with Crippen molar-refractivity contribution in [3.63, 3.8) is 0 Å². The van der Waals surface area contributed by atoms with Crippen LogP contribution in [0.25, 0.3) is 0 Å². The summed E-state index contributed by atoms with van der Waals surface area (Å²) in [4.78, 5) is 56.6. The normalized spacial score (nSPS) is 11.5. The van der Waals surface area contributed by atoms with E-state index in [1.54, 1.807) is 14.0 Å². The number of hydrogen-bond acceptors (Lipinski definition) is 7. The van der Waals surface area contributed by atoms with E-state index in [2.05, 4.69) is 4.98 Å². The zero-order chi connectivity index (χ0) is 30.2. The van der Waals surface area contributed by atoms with Crippen LogP contribution in [0.1, 0.15) is 29.7 Å². The molecule has 0 radical (unpaired) electrons. The van der Waals surface area contributed by atoms with Crippen LogP contribution in [0, 0.1) is 6.92 Å². The smallest absolute Gasteiger partial charge is 0.328 e. The van der Waals surface area contributed by atoms with Crippen molar-refractivity contribution in [3.05, 3.63) is 129 Å². The molecular weight excluding hydrogens is 536 g/mol. The Morgan fingerprint density at radius 2 is 1.45 bits per heavy atom. The van der Waals surface area contributed by atoms with Gasteiger partial charge in [-0.15, -0.1) is 0 Å². The number of esters is 1. The number of benzene rings is 3. The highest BCUT2D eigenvalue weighted by Gasteiger charge is 2.34. The topological polar surface area (TPSA) is 114 Å². The SMILES string of the molecule is COC(=O)CN(C(=O)Cn1cc(C)c(=O)[nH]c1=O)C(C)N(c1ccc(OC)cc1)C(c1ccccc1)c1ccccc1. The molecule has 0 spiro atoms. The van der Waals surface area contributed by atoms with Crippen LogP contribution in [0.4, 0.5) is 5.69 Å². The first kappa shape index (κ1) is 29.9. The van der Waals surface area contributed by atoms with Crippen LogP contribution in [0.5, 0.6) is 5.75 Å². The summed E-state index contributed by atoms with van der Waals surface area (Å²) in [6.45, 7) is 2.61. The highest BCUT2D eigenvalue weighted by atomic mass is 16.5. The van der Waals surface area contributed by atoms with Crippen LogP contribution in [0.2, 0.25) is 0 Å². The van der Waals surface area contributed by atoms with E-state index in [-0.39, 0.29) is 18.2 Å². The second-order valence-corrected chi connectivity index (χ2v) is 9.76. The Bertz CT molecular complexity index is 1580. The Hall–Kier alpha value is -5.12. The van der Waals surface area contributed by atoms with Gasteiger partial charge < -0.3 is 19.3 Å². The third-order valence-electron chi connectivity index (χ3n) is 7.08. The Labute approximate surface area is 243 Å². The van der Waals surface area contributed by atoms with Crippen molar-refractivity contribution in [1.29, 1.82) is 0 Å². The predicted octanol–water partition coefficient (Wildman–Crippen LogP) is 3.50. The summed E-state index contributed by atoms with van der Waals surface area (Å²) in [7, 11) is 2.84. The lowest BCUT2D eigenvalue weighted by Gasteiger charge is -2.43. The van der Waals surface area contributed by atoms with E-state index in [1.807, 2.05) is 96.8 Å². The number of anilines is 1. The van der Waals surface area contributed by atoms with E-state index >= 15 is 0 Å². The minimum atomic E-state index is -0.719. The Morgan fingerprint density at radius 1 is 0.881 bits per heavy atom. The quantitative estimate of drug-likeness (QED) is 0.217. The number of carbonyl (C=O) groups is 2. The van der Waals surface area contributed by atoms with Crippen LogP contribution in [-0.4, -0.2) is 53.3 Å². The zero-order valence-electron chi connectivity index (χ0n) is 24.0. The standard InChI is InChI=1S/C32H34N4O6/c1-22-19-34(32(40)33-31(22)39)20-28(37)35(21-29(38)42-4)23(2)36(26-15-17-27(41-3)18-16-26)30(24-11-7-5-8-12-24)25-13-9-6-10-14-25/h5-19,23,30H,20-21H2,1-4H3,(H,33,39,40). The summed E-state index contributed by atoms with van der Waals surface area (Å²) in [5.74, 6) is -0.469. The van der Waals surface area contributed by atoms with Crippen LogP contribution >= 0.6 is 0 Å². The fraction of sp³-hybridized carbons (Fsp3) is 0.250. The second kappa shape index (κ2) is 13.5. The Balaban J connectivity index is 1.86. The van der Waals surface area contributed by atoms with Gasteiger partial charge in [0.1, 0.15) is 25.0 Å². The summed E-state index contributed by atoms with van der Waals surface area (Å²) in [5, 5.41) is 0. The maximum absolute atomic E-state index is 13.9. The summed E-state index contributed by atoms with van der Waals surface area (Å²) in [6, 6.07) is 26.8. The van der Waals surface area contributed by atoms with E-state index in [0.717, 1.165) is 21.4 Å². The van der Waals surface area contributed by atoms with E-state index in [0.29, 0.717) is 5.75 Å². The van der Waals surface area contributed by atoms with Gasteiger partial charge in [-0.05, 0) is 49.2 Å². The third-order valence-corrected chi connectivity index (χ3v) is 7.08. The number of amides is 1. The molecule has 0 aliphatic carbocycles. The number of ether oxygens (including phenoxy) is 2. The molecule has 1 heterocycles. The zero-order valence-corrected chi connectivity index (χ0v) is 24.0. The lowest BCUT2D eigenvalue weighted by molar-refractivity contribution is -0.148. The van der Waals surface area contributed by atoms with Gasteiger partial charge in [0, 0.05) is 17.4 Å². The van der Waals surface area contributed by atoms with Crippen molar-refractivity contribution in [2.24, 2.45) is 0 Å². The van der Waals surface area contributed by atoms with E-state index < -0.39 is 35.8 Å². The van der Waals surface area contributed by atoms with E-state index in [9.17, 15) is 19.2 Å². The molecule has 0 saturated carbocycles. The first-order valence-corrected chi connectivity index (χ1v) is 13.4. The highest BCUT2D eigenvalue weighted by molar-refractivity contribution is 5.82. The van der Waals surface area contributed by atoms with Crippen molar-refractivity contribution in [2.75, 3.05) is 25.7 Å². The molecule has 4 rings (SSSR count). The highest BCUT2D eigenvalue weighted by Crippen LogP contribution is 2.36. The van der Waals surface area contributed by atoms with Gasteiger partial charge >= 0.3 is 11.7 Å². The maximum Gasteiger partial charge on any atom is 0.328 e. The van der Waals surface area contributed by atoms with Gasteiger partial charge in [0.05, 0.1) is 20.3 Å². The maximum atomic E-state index is 13.9. The van der Waals surface area contributed by atoms with Crippen molar-refractivity contribution in [1.82, 2.24) is 14.5 Å². The van der Waals surface area contributed by atoms with Crippen LogP contribution in [-0.2, 0) is 20.9 Å². The summed E-state index contributed by atoms with van der Waals surface area (Å²) in [5.41, 5.74) is 1.73. The number of hydrogen-bond donors (Lipinski definition) is 1. The molecule has 1 atom stereocenters. The molecule has 1 amide bonds. The molecule has 218 valence electrons. The predicted molar refractivity (Wildman–Crippen MR) is 159 cm³/mol. The molecule has 10 heteroatoms. The minimum Gasteiger partial charge on any atom is -0.497 e. The molecular formula is C32H34N4O6. The van der Waals surface area contributed by atoms with Crippen LogP contribution < -0.4 is 20.9 Å². The fourth-order valence-corrected chi connectivity index (χ4v) is 4.87. The van der Waals surface area contributed by atoms with Gasteiger partial charge in [-0.1, -0.05) is 60.7 Å². The summed E-state index contributed by atoms with van der Waals surface area (Å²) in [6.07, 6.45) is 0.618. The van der Waals surface area contributed by atoms with Crippen LogP contribution in [0.3, 0.4) is 0 Å². The summed E-state index contributed by atoms with van der Waals surface area (Å²) < 4.78 is 11.5. The van der Waals surface area contributed by atoms with Crippen molar-refractivity contribution >= 4 is 17.6 Å². The molecule has 1 unspecified atom stereocenters. The number of rotatable bonds is 11. The molecule has 0 aliphatic heterocycles. The molecule has 1 N–H and O–H groups in total.